The predicted molar refractivity (Wildman–Crippen MR) is 110 cm³/mol. The molecule has 3 N–H and O–H groups in total. The van der Waals surface area contributed by atoms with E-state index in [4.69, 9.17) is 15.2 Å². The Balaban J connectivity index is 1.47. The highest BCUT2D eigenvalue weighted by atomic mass is 16.5. The van der Waals surface area contributed by atoms with Gasteiger partial charge in [-0.3, -0.25) is 4.79 Å². The van der Waals surface area contributed by atoms with Crippen LogP contribution in [0.5, 0.6) is 5.75 Å². The van der Waals surface area contributed by atoms with Crippen LogP contribution in [0.25, 0.3) is 16.9 Å². The van der Waals surface area contributed by atoms with Gasteiger partial charge in [0, 0.05) is 18.6 Å². The van der Waals surface area contributed by atoms with Gasteiger partial charge in [-0.15, -0.1) is 5.10 Å². The third kappa shape index (κ3) is 4.48. The standard InChI is InChI=1S/C20H25N7O3/c1-2-29-9-10-30-16-7-5-15(6-8-16)27-19-17(25-26-27)12-22-20(24-19)23-14-4-3-13(11-14)18(21)28/h5-8,12-14H,2-4,9-11H2,1H3,(H2,21,28)(H,22,23,24). The Labute approximate surface area is 173 Å². The maximum atomic E-state index is 11.4. The second kappa shape index (κ2) is 9.04. The summed E-state index contributed by atoms with van der Waals surface area (Å²) >= 11 is 0. The maximum absolute atomic E-state index is 11.4. The lowest BCUT2D eigenvalue weighted by Gasteiger charge is -2.12. The maximum Gasteiger partial charge on any atom is 0.225 e. The van der Waals surface area contributed by atoms with Crippen molar-refractivity contribution < 1.29 is 14.3 Å². The number of amides is 1. The van der Waals surface area contributed by atoms with Crippen molar-refractivity contribution in [3.63, 3.8) is 0 Å². The largest absolute Gasteiger partial charge is 0.491 e. The molecule has 4 rings (SSSR count). The van der Waals surface area contributed by atoms with Crippen LogP contribution in [0.2, 0.25) is 0 Å². The van der Waals surface area contributed by atoms with E-state index in [1.807, 2.05) is 31.2 Å². The van der Waals surface area contributed by atoms with Crippen molar-refractivity contribution >= 4 is 23.0 Å². The van der Waals surface area contributed by atoms with E-state index in [1.165, 1.54) is 0 Å². The zero-order valence-electron chi connectivity index (χ0n) is 16.8. The Hall–Kier alpha value is -3.27. The van der Waals surface area contributed by atoms with Gasteiger partial charge in [-0.25, -0.2) is 4.98 Å². The second-order valence-corrected chi connectivity index (χ2v) is 7.20. The first-order chi connectivity index (χ1) is 14.6. The summed E-state index contributed by atoms with van der Waals surface area (Å²) in [4.78, 5) is 20.3. The molecule has 1 aromatic carbocycles. The monoisotopic (exact) mass is 411 g/mol. The van der Waals surface area contributed by atoms with Crippen LogP contribution in [-0.4, -0.2) is 56.7 Å². The lowest BCUT2D eigenvalue weighted by atomic mass is 10.1. The highest BCUT2D eigenvalue weighted by Gasteiger charge is 2.28. The van der Waals surface area contributed by atoms with Gasteiger partial charge in [0.1, 0.15) is 12.4 Å². The van der Waals surface area contributed by atoms with E-state index in [2.05, 4.69) is 25.6 Å². The molecule has 1 amide bonds. The molecule has 2 heterocycles. The summed E-state index contributed by atoms with van der Waals surface area (Å²) in [6.45, 7) is 3.68. The van der Waals surface area contributed by atoms with E-state index in [0.717, 1.165) is 24.3 Å². The molecule has 10 nitrogen and oxygen atoms in total. The molecule has 1 saturated carbocycles. The molecule has 30 heavy (non-hydrogen) atoms. The summed E-state index contributed by atoms with van der Waals surface area (Å²) in [6.07, 6.45) is 3.98. The molecule has 1 aliphatic carbocycles. The number of rotatable bonds is 9. The van der Waals surface area contributed by atoms with Crippen LogP contribution in [0.3, 0.4) is 0 Å². The number of hydrogen-bond donors (Lipinski definition) is 2. The minimum atomic E-state index is -0.247. The first-order valence-corrected chi connectivity index (χ1v) is 10.1. The first kappa shape index (κ1) is 20.0. The normalized spacial score (nSPS) is 18.6. The Morgan fingerprint density at radius 3 is 2.83 bits per heavy atom. The van der Waals surface area contributed by atoms with Crippen LogP contribution < -0.4 is 15.8 Å². The van der Waals surface area contributed by atoms with Crippen molar-refractivity contribution in [2.45, 2.75) is 32.2 Å². The van der Waals surface area contributed by atoms with E-state index < -0.39 is 0 Å². The number of aromatic nitrogens is 5. The van der Waals surface area contributed by atoms with E-state index >= 15 is 0 Å². The van der Waals surface area contributed by atoms with E-state index in [0.29, 0.717) is 43.4 Å². The van der Waals surface area contributed by atoms with Gasteiger partial charge in [-0.2, -0.15) is 9.67 Å². The number of nitrogens with two attached hydrogens (primary N) is 1. The van der Waals surface area contributed by atoms with Crippen molar-refractivity contribution in [2.24, 2.45) is 11.7 Å². The molecule has 158 valence electrons. The molecule has 1 aliphatic rings. The molecule has 2 aromatic heterocycles. The zero-order valence-corrected chi connectivity index (χ0v) is 16.8. The zero-order chi connectivity index (χ0) is 20.9. The van der Waals surface area contributed by atoms with Gasteiger partial charge < -0.3 is 20.5 Å². The van der Waals surface area contributed by atoms with E-state index in [-0.39, 0.29) is 17.9 Å². The average molecular weight is 411 g/mol. The minimum Gasteiger partial charge on any atom is -0.491 e. The van der Waals surface area contributed by atoms with Gasteiger partial charge in [0.2, 0.25) is 11.9 Å². The molecule has 2 unspecified atom stereocenters. The van der Waals surface area contributed by atoms with Crippen LogP contribution in [0.1, 0.15) is 26.2 Å². The molecule has 0 saturated heterocycles. The van der Waals surface area contributed by atoms with Gasteiger partial charge in [0.25, 0.3) is 0 Å². The molecule has 3 aromatic rings. The number of primary amides is 1. The average Bonchev–Trinajstić information content (AvgIpc) is 3.39. The SMILES string of the molecule is CCOCCOc1ccc(-n2nnc3cnc(NC4CCC(C(N)=O)C4)nc32)cc1. The number of nitrogens with zero attached hydrogens (tertiary/aromatic N) is 5. The summed E-state index contributed by atoms with van der Waals surface area (Å²) in [5, 5.41) is 11.6. The highest BCUT2D eigenvalue weighted by Crippen LogP contribution is 2.27. The molecule has 2 atom stereocenters. The van der Waals surface area contributed by atoms with Crippen molar-refractivity contribution in [1.29, 1.82) is 0 Å². The van der Waals surface area contributed by atoms with Crippen molar-refractivity contribution in [1.82, 2.24) is 25.0 Å². The third-order valence-electron chi connectivity index (χ3n) is 5.14. The van der Waals surface area contributed by atoms with Gasteiger partial charge in [-0.1, -0.05) is 5.21 Å². The Morgan fingerprint density at radius 2 is 2.10 bits per heavy atom. The fourth-order valence-electron chi connectivity index (χ4n) is 3.57. The Bertz CT molecular complexity index is 1010. The molecule has 0 spiro atoms. The number of nitrogens with one attached hydrogen (secondary N) is 1. The van der Waals surface area contributed by atoms with Crippen molar-refractivity contribution in [2.75, 3.05) is 25.1 Å². The fourth-order valence-corrected chi connectivity index (χ4v) is 3.57. The summed E-state index contributed by atoms with van der Waals surface area (Å²) in [7, 11) is 0. The number of benzene rings is 1. The quantitative estimate of drug-likeness (QED) is 0.509. The Morgan fingerprint density at radius 1 is 1.27 bits per heavy atom. The number of ether oxygens (including phenoxy) is 2. The third-order valence-corrected chi connectivity index (χ3v) is 5.14. The summed E-state index contributed by atoms with van der Waals surface area (Å²) < 4.78 is 12.6. The van der Waals surface area contributed by atoms with Gasteiger partial charge in [0.15, 0.2) is 11.2 Å². The number of carbonyl (C=O) groups is 1. The van der Waals surface area contributed by atoms with Gasteiger partial charge >= 0.3 is 0 Å². The number of anilines is 1. The molecular weight excluding hydrogens is 386 g/mol. The van der Waals surface area contributed by atoms with Crippen molar-refractivity contribution in [3.05, 3.63) is 30.5 Å². The topological polar surface area (TPSA) is 130 Å². The van der Waals surface area contributed by atoms with Gasteiger partial charge in [0.05, 0.1) is 18.5 Å². The first-order valence-electron chi connectivity index (χ1n) is 10.1. The number of carbonyl (C=O) groups excluding carboxylic acids is 1. The Kier molecular flexibility index (Phi) is 6.03. The molecule has 10 heteroatoms. The molecule has 0 aliphatic heterocycles. The lowest BCUT2D eigenvalue weighted by molar-refractivity contribution is -0.121. The summed E-state index contributed by atoms with van der Waals surface area (Å²) in [6, 6.07) is 7.66. The van der Waals surface area contributed by atoms with E-state index in [1.54, 1.807) is 10.9 Å². The molecule has 0 radical (unpaired) electrons. The molecular formula is C20H25N7O3. The van der Waals surface area contributed by atoms with Crippen LogP contribution in [-0.2, 0) is 9.53 Å². The molecule has 1 fully saturated rings. The smallest absolute Gasteiger partial charge is 0.225 e. The summed E-state index contributed by atoms with van der Waals surface area (Å²) in [5.74, 6) is 0.901. The number of hydrogen-bond acceptors (Lipinski definition) is 8. The number of fused-ring (bicyclic) bond motifs is 1. The van der Waals surface area contributed by atoms with Crippen LogP contribution in [0.4, 0.5) is 5.95 Å². The van der Waals surface area contributed by atoms with Crippen molar-refractivity contribution in [3.8, 4) is 11.4 Å². The van der Waals surface area contributed by atoms with Crippen LogP contribution in [0, 0.1) is 5.92 Å². The van der Waals surface area contributed by atoms with Gasteiger partial charge in [-0.05, 0) is 50.5 Å². The van der Waals surface area contributed by atoms with E-state index in [9.17, 15) is 4.79 Å². The summed E-state index contributed by atoms with van der Waals surface area (Å²) in [5.41, 5.74) is 7.43. The highest BCUT2D eigenvalue weighted by molar-refractivity contribution is 5.77. The fraction of sp³-hybridized carbons (Fsp3) is 0.450. The predicted octanol–water partition coefficient (Wildman–Crippen LogP) is 1.69. The molecule has 0 bridgehead atoms. The van der Waals surface area contributed by atoms with Crippen LogP contribution >= 0.6 is 0 Å². The lowest BCUT2D eigenvalue weighted by Crippen LogP contribution is -2.23. The van der Waals surface area contributed by atoms with Crippen LogP contribution in [0.15, 0.2) is 30.5 Å². The second-order valence-electron chi connectivity index (χ2n) is 7.20. The minimum absolute atomic E-state index is 0.0901.